The fourth-order valence-corrected chi connectivity index (χ4v) is 4.61. The van der Waals surface area contributed by atoms with E-state index in [0.717, 1.165) is 27.3 Å². The summed E-state index contributed by atoms with van der Waals surface area (Å²) in [5, 5.41) is 17.2. The van der Waals surface area contributed by atoms with Gasteiger partial charge in [0, 0.05) is 12.1 Å². The molecule has 1 unspecified atom stereocenters. The van der Waals surface area contributed by atoms with Crippen LogP contribution < -0.4 is 5.32 Å². The van der Waals surface area contributed by atoms with Crippen molar-refractivity contribution in [3.63, 3.8) is 0 Å². The summed E-state index contributed by atoms with van der Waals surface area (Å²) < 4.78 is 5.60. The Morgan fingerprint density at radius 1 is 1.12 bits per heavy atom. The lowest BCUT2D eigenvalue weighted by atomic mass is 9.97. The van der Waals surface area contributed by atoms with E-state index in [4.69, 9.17) is 4.74 Å². The highest BCUT2D eigenvalue weighted by molar-refractivity contribution is 5.90. The maximum absolute atomic E-state index is 13.2. The minimum atomic E-state index is -1.12. The number of fused-ring (bicyclic) bond motifs is 3. The van der Waals surface area contributed by atoms with Crippen LogP contribution in [0.1, 0.15) is 50.2 Å². The number of amides is 2. The van der Waals surface area contributed by atoms with Gasteiger partial charge in [-0.1, -0.05) is 68.8 Å². The molecule has 0 bridgehead atoms. The van der Waals surface area contributed by atoms with Gasteiger partial charge in [0.25, 0.3) is 5.91 Å². The van der Waals surface area contributed by atoms with Crippen LogP contribution in [0.4, 0.5) is 4.79 Å². The third-order valence-electron chi connectivity index (χ3n) is 6.68. The van der Waals surface area contributed by atoms with Gasteiger partial charge in [0.2, 0.25) is 0 Å². The van der Waals surface area contributed by atoms with Crippen molar-refractivity contribution < 1.29 is 24.2 Å². The number of benzene rings is 2. The lowest BCUT2D eigenvalue weighted by Gasteiger charge is -2.32. The number of hydrazone groups is 1. The first-order chi connectivity index (χ1) is 16.4. The average Bonchev–Trinajstić information content (AvgIpc) is 3.18. The molecule has 1 aliphatic heterocycles. The van der Waals surface area contributed by atoms with Gasteiger partial charge in [0.15, 0.2) is 6.04 Å². The summed E-state index contributed by atoms with van der Waals surface area (Å²) >= 11 is 0. The monoisotopic (exact) mass is 463 g/mol. The Kier molecular flexibility index (Phi) is 6.95. The molecule has 0 saturated carbocycles. The molecule has 8 heteroatoms. The smallest absolute Gasteiger partial charge is 0.407 e. The summed E-state index contributed by atoms with van der Waals surface area (Å²) in [6.45, 7) is 3.86. The Morgan fingerprint density at radius 3 is 2.32 bits per heavy atom. The first kappa shape index (κ1) is 23.5. The van der Waals surface area contributed by atoms with Crippen LogP contribution in [0.15, 0.2) is 53.6 Å². The molecular weight excluding hydrogens is 434 g/mol. The topological polar surface area (TPSA) is 108 Å². The molecule has 0 radical (unpaired) electrons. The zero-order chi connectivity index (χ0) is 24.2. The average molecular weight is 464 g/mol. The molecule has 2 aromatic carbocycles. The van der Waals surface area contributed by atoms with Gasteiger partial charge in [0.1, 0.15) is 12.6 Å². The highest BCUT2D eigenvalue weighted by atomic mass is 16.5. The molecule has 0 fully saturated rings. The molecule has 1 heterocycles. The summed E-state index contributed by atoms with van der Waals surface area (Å²) in [7, 11) is 0. The molecule has 8 nitrogen and oxygen atoms in total. The van der Waals surface area contributed by atoms with E-state index in [9.17, 15) is 19.5 Å². The van der Waals surface area contributed by atoms with Crippen molar-refractivity contribution in [3.05, 3.63) is 59.7 Å². The van der Waals surface area contributed by atoms with Crippen molar-refractivity contribution in [1.82, 2.24) is 10.3 Å². The Hall–Kier alpha value is -3.68. The number of alkyl carbamates (subject to hydrolysis) is 1. The van der Waals surface area contributed by atoms with E-state index in [1.807, 2.05) is 50.2 Å². The molecule has 0 saturated heterocycles. The number of carbonyl (C=O) groups excluding carboxylic acids is 2. The molecule has 2 amide bonds. The molecule has 2 aliphatic rings. The van der Waals surface area contributed by atoms with Crippen LogP contribution in [0.2, 0.25) is 0 Å². The van der Waals surface area contributed by atoms with Crippen molar-refractivity contribution in [3.8, 4) is 11.1 Å². The van der Waals surface area contributed by atoms with E-state index in [-0.39, 0.29) is 24.9 Å². The highest BCUT2D eigenvalue weighted by Crippen LogP contribution is 2.44. The molecule has 0 aromatic heterocycles. The van der Waals surface area contributed by atoms with Crippen molar-refractivity contribution in [2.45, 2.75) is 51.1 Å². The maximum Gasteiger partial charge on any atom is 0.407 e. The number of hydrogen-bond acceptors (Lipinski definition) is 5. The predicted octanol–water partition coefficient (Wildman–Crippen LogP) is 4.00. The van der Waals surface area contributed by atoms with Crippen LogP contribution in [-0.2, 0) is 14.3 Å². The number of nitrogens with one attached hydrogen (secondary N) is 1. The normalized spacial score (nSPS) is 18.5. The summed E-state index contributed by atoms with van der Waals surface area (Å²) in [4.78, 5) is 37.6. The molecular formula is C26H29N3O5. The first-order valence-electron chi connectivity index (χ1n) is 11.6. The quantitative estimate of drug-likeness (QED) is 0.645. The van der Waals surface area contributed by atoms with Crippen molar-refractivity contribution in [1.29, 1.82) is 0 Å². The number of aliphatic carboxylic acids is 1. The van der Waals surface area contributed by atoms with Crippen molar-refractivity contribution in [2.75, 3.05) is 6.61 Å². The van der Waals surface area contributed by atoms with Gasteiger partial charge in [-0.2, -0.15) is 5.10 Å². The fourth-order valence-electron chi connectivity index (χ4n) is 4.61. The van der Waals surface area contributed by atoms with E-state index < -0.39 is 30.1 Å². The van der Waals surface area contributed by atoms with Crippen LogP contribution in [0.5, 0.6) is 0 Å². The largest absolute Gasteiger partial charge is 0.480 e. The molecule has 0 spiro atoms. The molecule has 4 rings (SSSR count). The minimum absolute atomic E-state index is 0.0982. The number of carbonyl (C=O) groups is 3. The van der Waals surface area contributed by atoms with Crippen molar-refractivity contribution >= 4 is 24.2 Å². The predicted molar refractivity (Wildman–Crippen MR) is 127 cm³/mol. The molecule has 3 atom stereocenters. The fraction of sp³-hybridized carbons (Fsp3) is 0.385. The Bertz CT molecular complexity index is 1070. The van der Waals surface area contributed by atoms with Crippen LogP contribution in [0, 0.1) is 5.92 Å². The number of ether oxygens (including phenoxy) is 1. The van der Waals surface area contributed by atoms with Crippen LogP contribution in [-0.4, -0.2) is 53.0 Å². The summed E-state index contributed by atoms with van der Waals surface area (Å²) in [5.41, 5.74) is 4.45. The van der Waals surface area contributed by atoms with E-state index in [0.29, 0.717) is 12.8 Å². The second-order valence-electron chi connectivity index (χ2n) is 8.75. The van der Waals surface area contributed by atoms with Crippen LogP contribution in [0.3, 0.4) is 0 Å². The molecule has 2 N–H and O–H groups in total. The summed E-state index contributed by atoms with van der Waals surface area (Å²) in [5.74, 6) is -2.00. The van der Waals surface area contributed by atoms with E-state index >= 15 is 0 Å². The summed E-state index contributed by atoms with van der Waals surface area (Å²) in [6, 6.07) is 14.1. The van der Waals surface area contributed by atoms with Gasteiger partial charge in [-0.3, -0.25) is 4.79 Å². The number of carboxylic acids is 1. The zero-order valence-electron chi connectivity index (χ0n) is 19.3. The second-order valence-corrected chi connectivity index (χ2v) is 8.75. The lowest BCUT2D eigenvalue weighted by Crippen LogP contribution is -2.55. The highest BCUT2D eigenvalue weighted by Gasteiger charge is 2.38. The molecule has 34 heavy (non-hydrogen) atoms. The van der Waals surface area contributed by atoms with E-state index in [1.165, 1.54) is 6.21 Å². The maximum atomic E-state index is 13.2. The zero-order valence-corrected chi connectivity index (χ0v) is 19.3. The van der Waals surface area contributed by atoms with Gasteiger partial charge in [-0.25, -0.2) is 14.6 Å². The third-order valence-corrected chi connectivity index (χ3v) is 6.68. The number of carboxylic acid groups (broad SMARTS) is 1. The Labute approximate surface area is 198 Å². The number of nitrogens with zero attached hydrogens (tertiary/aromatic N) is 2. The summed E-state index contributed by atoms with van der Waals surface area (Å²) in [6.07, 6.45) is 2.18. The third kappa shape index (κ3) is 4.53. The number of hydrogen-bond donors (Lipinski definition) is 2. The first-order valence-corrected chi connectivity index (χ1v) is 11.6. The Balaban J connectivity index is 1.47. The van der Waals surface area contributed by atoms with Gasteiger partial charge in [-0.15, -0.1) is 0 Å². The van der Waals surface area contributed by atoms with Crippen LogP contribution in [0.25, 0.3) is 11.1 Å². The Morgan fingerprint density at radius 2 is 1.74 bits per heavy atom. The van der Waals surface area contributed by atoms with Gasteiger partial charge >= 0.3 is 12.1 Å². The van der Waals surface area contributed by atoms with Crippen LogP contribution >= 0.6 is 0 Å². The van der Waals surface area contributed by atoms with Gasteiger partial charge in [0.05, 0.1) is 0 Å². The van der Waals surface area contributed by atoms with E-state index in [1.54, 1.807) is 0 Å². The lowest BCUT2D eigenvalue weighted by molar-refractivity contribution is -0.152. The second kappa shape index (κ2) is 10.1. The standard InChI is InChI=1S/C26H29N3O5/c1-3-16(2)23(24(30)29-22(25(31)32)13-8-14-27-29)28-26(33)34-15-21-19-11-6-4-9-17(19)18-10-5-7-12-20(18)21/h4-7,9-12,14,16,21-23H,3,8,13,15H2,1-2H3,(H,28,33)(H,31,32)/t16?,22-,23+/m1/s1. The molecule has 1 aliphatic carbocycles. The molecule has 2 aromatic rings. The minimum Gasteiger partial charge on any atom is -0.480 e. The van der Waals surface area contributed by atoms with Crippen molar-refractivity contribution in [2.24, 2.45) is 11.0 Å². The van der Waals surface area contributed by atoms with E-state index in [2.05, 4.69) is 22.6 Å². The SMILES string of the molecule is CCC(C)[C@H](NC(=O)OCC1c2ccccc2-c2ccccc21)C(=O)N1N=CCC[C@@H]1C(=O)O. The van der Waals surface area contributed by atoms with Gasteiger partial charge < -0.3 is 15.2 Å². The number of rotatable bonds is 7. The molecule has 178 valence electrons. The van der Waals surface area contributed by atoms with Gasteiger partial charge in [-0.05, 0) is 41.0 Å².